The Morgan fingerprint density at radius 2 is 1.86 bits per heavy atom. The molecule has 160 valence electrons. The van der Waals surface area contributed by atoms with E-state index in [0.717, 1.165) is 56.9 Å². The summed E-state index contributed by atoms with van der Waals surface area (Å²) >= 11 is 0. The van der Waals surface area contributed by atoms with Crippen LogP contribution >= 0.6 is 0 Å². The van der Waals surface area contributed by atoms with Gasteiger partial charge in [-0.05, 0) is 36.5 Å². The van der Waals surface area contributed by atoms with Crippen molar-refractivity contribution in [3.63, 3.8) is 0 Å². The second-order valence-corrected chi connectivity index (χ2v) is 8.38. The van der Waals surface area contributed by atoms with E-state index >= 15 is 0 Å². The van der Waals surface area contributed by atoms with Crippen molar-refractivity contribution in [3.05, 3.63) is 29.8 Å². The van der Waals surface area contributed by atoms with Gasteiger partial charge >= 0.3 is 6.03 Å². The lowest BCUT2D eigenvalue weighted by molar-refractivity contribution is -0.128. The smallest absolute Gasteiger partial charge is 0.319 e. The van der Waals surface area contributed by atoms with Crippen LogP contribution in [0.25, 0.3) is 0 Å². The first-order chi connectivity index (χ1) is 14.0. The lowest BCUT2D eigenvalue weighted by Crippen LogP contribution is -2.49. The molecule has 1 aromatic carbocycles. The summed E-state index contributed by atoms with van der Waals surface area (Å²) < 4.78 is 5.45. The molecule has 1 atom stereocenters. The average molecular weight is 403 g/mol. The van der Waals surface area contributed by atoms with Crippen molar-refractivity contribution in [2.45, 2.75) is 45.7 Å². The van der Waals surface area contributed by atoms with Crippen LogP contribution in [0, 0.1) is 5.92 Å². The second kappa shape index (κ2) is 10.6. The SMILES string of the molecule is CC(C)CC(CNC(=O)Nc1ccc(CN2CCCC2=O)cc1)N1CCOCC1. The molecule has 2 N–H and O–H groups in total. The molecule has 0 spiro atoms. The molecule has 1 aromatic rings. The zero-order valence-electron chi connectivity index (χ0n) is 17.7. The fraction of sp³-hybridized carbons (Fsp3) is 0.636. The highest BCUT2D eigenvalue weighted by molar-refractivity contribution is 5.89. The summed E-state index contributed by atoms with van der Waals surface area (Å²) in [4.78, 5) is 28.4. The van der Waals surface area contributed by atoms with Crippen LogP contribution in [0.2, 0.25) is 0 Å². The van der Waals surface area contributed by atoms with Crippen molar-refractivity contribution in [1.82, 2.24) is 15.1 Å². The Kier molecular flexibility index (Phi) is 7.89. The maximum atomic E-state index is 12.4. The Morgan fingerprint density at radius 1 is 1.14 bits per heavy atom. The molecule has 2 saturated heterocycles. The number of morpholine rings is 1. The number of rotatable bonds is 8. The number of carbonyl (C=O) groups excluding carboxylic acids is 2. The van der Waals surface area contributed by atoms with E-state index in [1.807, 2.05) is 29.2 Å². The number of hydrogen-bond donors (Lipinski definition) is 2. The van der Waals surface area contributed by atoms with Crippen LogP contribution in [-0.2, 0) is 16.1 Å². The van der Waals surface area contributed by atoms with Gasteiger partial charge in [0.05, 0.1) is 13.2 Å². The molecule has 7 heteroatoms. The first-order valence-electron chi connectivity index (χ1n) is 10.7. The lowest BCUT2D eigenvalue weighted by atomic mass is 10.0. The zero-order chi connectivity index (χ0) is 20.6. The molecule has 3 rings (SSSR count). The van der Waals surface area contributed by atoms with Crippen LogP contribution in [0.1, 0.15) is 38.7 Å². The summed E-state index contributed by atoms with van der Waals surface area (Å²) in [7, 11) is 0. The highest BCUT2D eigenvalue weighted by atomic mass is 16.5. The van der Waals surface area contributed by atoms with E-state index in [0.29, 0.717) is 31.5 Å². The quantitative estimate of drug-likeness (QED) is 0.701. The summed E-state index contributed by atoms with van der Waals surface area (Å²) in [6.07, 6.45) is 2.65. The number of anilines is 1. The fourth-order valence-electron chi connectivity index (χ4n) is 4.02. The van der Waals surface area contributed by atoms with Crippen LogP contribution in [0.15, 0.2) is 24.3 Å². The molecular formula is C22H34N4O3. The average Bonchev–Trinajstić information content (AvgIpc) is 3.11. The Balaban J connectivity index is 1.46. The predicted molar refractivity (Wildman–Crippen MR) is 114 cm³/mol. The Hall–Kier alpha value is -2.12. The van der Waals surface area contributed by atoms with Gasteiger partial charge in [-0.25, -0.2) is 4.79 Å². The van der Waals surface area contributed by atoms with E-state index in [9.17, 15) is 9.59 Å². The monoisotopic (exact) mass is 402 g/mol. The number of nitrogens with one attached hydrogen (secondary N) is 2. The first kappa shape index (κ1) is 21.6. The Morgan fingerprint density at radius 3 is 2.48 bits per heavy atom. The van der Waals surface area contributed by atoms with E-state index in [4.69, 9.17) is 4.74 Å². The number of amides is 3. The lowest BCUT2D eigenvalue weighted by Gasteiger charge is -2.35. The molecular weight excluding hydrogens is 368 g/mol. The number of likely N-dealkylation sites (tertiary alicyclic amines) is 1. The fourth-order valence-corrected chi connectivity index (χ4v) is 4.02. The van der Waals surface area contributed by atoms with Crippen molar-refractivity contribution in [2.75, 3.05) is 44.7 Å². The third kappa shape index (κ3) is 6.72. The van der Waals surface area contributed by atoms with Gasteiger partial charge in [0.1, 0.15) is 0 Å². The molecule has 2 fully saturated rings. The molecule has 1 unspecified atom stereocenters. The van der Waals surface area contributed by atoms with E-state index in [-0.39, 0.29) is 11.9 Å². The van der Waals surface area contributed by atoms with Crippen molar-refractivity contribution in [3.8, 4) is 0 Å². The van der Waals surface area contributed by atoms with Crippen molar-refractivity contribution < 1.29 is 14.3 Å². The normalized spacial score (nSPS) is 18.9. The molecule has 0 radical (unpaired) electrons. The van der Waals surface area contributed by atoms with Gasteiger partial charge in [-0.2, -0.15) is 0 Å². The topological polar surface area (TPSA) is 73.9 Å². The van der Waals surface area contributed by atoms with E-state index in [2.05, 4.69) is 29.4 Å². The van der Waals surface area contributed by atoms with E-state index in [1.165, 1.54) is 0 Å². The van der Waals surface area contributed by atoms with Crippen molar-refractivity contribution in [1.29, 1.82) is 0 Å². The molecule has 0 aliphatic carbocycles. The molecule has 2 aliphatic heterocycles. The maximum Gasteiger partial charge on any atom is 0.319 e. The standard InChI is InChI=1S/C22H34N4O3/c1-17(2)14-20(25-10-12-29-13-11-25)15-23-22(28)24-19-7-5-18(6-8-19)16-26-9-3-4-21(26)27/h5-8,17,20H,3-4,9-16H2,1-2H3,(H2,23,24,28). The van der Waals surface area contributed by atoms with E-state index < -0.39 is 0 Å². The molecule has 2 aliphatic rings. The van der Waals surface area contributed by atoms with Crippen LogP contribution < -0.4 is 10.6 Å². The Labute approximate surface area is 173 Å². The number of benzene rings is 1. The van der Waals surface area contributed by atoms with Gasteiger partial charge in [0.15, 0.2) is 0 Å². The highest BCUT2D eigenvalue weighted by Gasteiger charge is 2.22. The number of hydrogen-bond acceptors (Lipinski definition) is 4. The summed E-state index contributed by atoms with van der Waals surface area (Å²) in [6.45, 7) is 9.88. The first-order valence-corrected chi connectivity index (χ1v) is 10.7. The zero-order valence-corrected chi connectivity index (χ0v) is 17.7. The van der Waals surface area contributed by atoms with Crippen LogP contribution in [0.5, 0.6) is 0 Å². The van der Waals surface area contributed by atoms with E-state index in [1.54, 1.807) is 0 Å². The molecule has 29 heavy (non-hydrogen) atoms. The van der Waals surface area contributed by atoms with Crippen molar-refractivity contribution in [2.24, 2.45) is 5.92 Å². The predicted octanol–water partition coefficient (Wildman–Crippen LogP) is 2.68. The minimum Gasteiger partial charge on any atom is -0.379 e. The van der Waals surface area contributed by atoms with Gasteiger partial charge in [0.2, 0.25) is 5.91 Å². The minimum absolute atomic E-state index is 0.186. The van der Waals surface area contributed by atoms with Crippen LogP contribution in [-0.4, -0.2) is 67.2 Å². The molecule has 2 heterocycles. The van der Waals surface area contributed by atoms with Crippen molar-refractivity contribution >= 4 is 17.6 Å². The molecule has 0 aromatic heterocycles. The molecule has 0 saturated carbocycles. The van der Waals surface area contributed by atoms with Gasteiger partial charge in [0, 0.05) is 50.9 Å². The third-order valence-electron chi connectivity index (χ3n) is 5.56. The molecule has 3 amide bonds. The van der Waals surface area contributed by atoms with Gasteiger partial charge in [-0.1, -0.05) is 26.0 Å². The highest BCUT2D eigenvalue weighted by Crippen LogP contribution is 2.17. The summed E-state index contributed by atoms with van der Waals surface area (Å²) in [6, 6.07) is 7.86. The summed E-state index contributed by atoms with van der Waals surface area (Å²) in [5, 5.41) is 5.94. The van der Waals surface area contributed by atoms with Gasteiger partial charge in [0.25, 0.3) is 0 Å². The minimum atomic E-state index is -0.186. The largest absolute Gasteiger partial charge is 0.379 e. The van der Waals surface area contributed by atoms with Crippen LogP contribution in [0.3, 0.4) is 0 Å². The van der Waals surface area contributed by atoms with Crippen LogP contribution in [0.4, 0.5) is 10.5 Å². The molecule has 0 bridgehead atoms. The number of urea groups is 1. The number of ether oxygens (including phenoxy) is 1. The summed E-state index contributed by atoms with van der Waals surface area (Å²) in [5.74, 6) is 0.797. The second-order valence-electron chi connectivity index (χ2n) is 8.38. The van der Waals surface area contributed by atoms with Gasteiger partial charge in [-0.3, -0.25) is 9.69 Å². The van der Waals surface area contributed by atoms with Gasteiger partial charge in [-0.15, -0.1) is 0 Å². The molecule has 7 nitrogen and oxygen atoms in total. The number of carbonyl (C=O) groups is 2. The summed E-state index contributed by atoms with van der Waals surface area (Å²) in [5.41, 5.74) is 1.83. The third-order valence-corrected chi connectivity index (χ3v) is 5.56. The number of nitrogens with zero attached hydrogens (tertiary/aromatic N) is 2. The maximum absolute atomic E-state index is 12.4. The van der Waals surface area contributed by atoms with Gasteiger partial charge < -0.3 is 20.3 Å². The Bertz CT molecular complexity index is 671.